The highest BCUT2D eigenvalue weighted by Crippen LogP contribution is 2.26. The normalized spacial score (nSPS) is 20.9. The quantitative estimate of drug-likeness (QED) is 0.900. The molecule has 1 aliphatic carbocycles. The third kappa shape index (κ3) is 5.87. The molecule has 2 rings (SSSR count). The number of anilines is 1. The molecule has 0 unspecified atom stereocenters. The van der Waals surface area contributed by atoms with Gasteiger partial charge in [0.25, 0.3) is 0 Å². The summed E-state index contributed by atoms with van der Waals surface area (Å²) in [7, 11) is 2.10. The van der Waals surface area contributed by atoms with Crippen LogP contribution in [0.3, 0.4) is 0 Å². The smallest absolute Gasteiger partial charge is 0.407 e. The molecule has 1 aromatic heterocycles. The van der Waals surface area contributed by atoms with Crippen LogP contribution < -0.4 is 10.2 Å². The Bertz CT molecular complexity index is 590. The topological polar surface area (TPSA) is 67.4 Å². The van der Waals surface area contributed by atoms with Gasteiger partial charge >= 0.3 is 6.09 Å². The number of carbonyl (C=O) groups excluding carboxylic acids is 1. The molecule has 1 amide bonds. The minimum absolute atomic E-state index is 0.192. The van der Waals surface area contributed by atoms with E-state index in [0.29, 0.717) is 6.04 Å². The highest BCUT2D eigenvalue weighted by atomic mass is 16.6. The number of aryl methyl sites for hydroxylation is 2. The molecule has 1 heterocycles. The van der Waals surface area contributed by atoms with E-state index in [1.54, 1.807) is 0 Å². The van der Waals surface area contributed by atoms with E-state index in [1.165, 1.54) is 0 Å². The Morgan fingerprint density at radius 1 is 1.28 bits per heavy atom. The molecule has 0 bridgehead atoms. The molecule has 0 radical (unpaired) electrons. The van der Waals surface area contributed by atoms with Gasteiger partial charge in [0, 0.05) is 30.9 Å². The predicted octanol–water partition coefficient (Wildman–Crippen LogP) is 3.62. The fraction of sp³-hybridized carbons (Fsp3) is 0.737. The first-order valence-electron chi connectivity index (χ1n) is 9.25. The molecule has 0 aliphatic heterocycles. The number of rotatable bonds is 4. The second kappa shape index (κ2) is 8.02. The summed E-state index contributed by atoms with van der Waals surface area (Å²) in [6.45, 7) is 9.70. The van der Waals surface area contributed by atoms with Gasteiger partial charge in [0.1, 0.15) is 17.2 Å². The maximum absolute atomic E-state index is 11.9. The summed E-state index contributed by atoms with van der Waals surface area (Å²) in [5.74, 6) is 1.81. The lowest BCUT2D eigenvalue weighted by Gasteiger charge is -2.36. The van der Waals surface area contributed by atoms with E-state index in [9.17, 15) is 4.79 Å². The Hall–Kier alpha value is -1.85. The van der Waals surface area contributed by atoms with Crippen LogP contribution in [0.25, 0.3) is 0 Å². The first kappa shape index (κ1) is 19.5. The van der Waals surface area contributed by atoms with Crippen molar-refractivity contribution < 1.29 is 9.53 Å². The van der Waals surface area contributed by atoms with Crippen molar-refractivity contribution in [3.8, 4) is 0 Å². The molecule has 25 heavy (non-hydrogen) atoms. The van der Waals surface area contributed by atoms with Crippen molar-refractivity contribution in [3.05, 3.63) is 17.6 Å². The first-order chi connectivity index (χ1) is 11.7. The number of aromatic nitrogens is 2. The summed E-state index contributed by atoms with van der Waals surface area (Å²) in [5.41, 5.74) is 0.623. The number of ether oxygens (including phenoxy) is 1. The zero-order valence-corrected chi connectivity index (χ0v) is 16.4. The number of hydrogen-bond donors (Lipinski definition) is 1. The summed E-state index contributed by atoms with van der Waals surface area (Å²) in [4.78, 5) is 23.2. The van der Waals surface area contributed by atoms with Gasteiger partial charge in [-0.1, -0.05) is 6.92 Å². The lowest BCUT2D eigenvalue weighted by Crippen LogP contribution is -2.44. The lowest BCUT2D eigenvalue weighted by atomic mass is 9.90. The maximum atomic E-state index is 11.9. The number of alkyl carbamates (subject to hydrolysis) is 1. The molecule has 1 aromatic rings. The molecule has 0 atom stereocenters. The van der Waals surface area contributed by atoms with Crippen molar-refractivity contribution in [1.82, 2.24) is 15.3 Å². The zero-order chi connectivity index (χ0) is 18.6. The van der Waals surface area contributed by atoms with Crippen LogP contribution in [0.2, 0.25) is 0 Å². The largest absolute Gasteiger partial charge is 0.444 e. The third-order valence-electron chi connectivity index (χ3n) is 4.57. The van der Waals surface area contributed by atoms with Crippen molar-refractivity contribution in [1.29, 1.82) is 0 Å². The summed E-state index contributed by atoms with van der Waals surface area (Å²) in [5, 5.41) is 3.00. The molecular weight excluding hydrogens is 316 g/mol. The molecule has 1 saturated carbocycles. The van der Waals surface area contributed by atoms with Gasteiger partial charge in [-0.15, -0.1) is 0 Å². The fourth-order valence-electron chi connectivity index (χ4n) is 3.24. The summed E-state index contributed by atoms with van der Waals surface area (Å²) in [6.07, 6.45) is 4.57. The van der Waals surface area contributed by atoms with Crippen LogP contribution in [0.4, 0.5) is 10.6 Å². The Morgan fingerprint density at radius 3 is 2.48 bits per heavy atom. The SMILES string of the molecule is CCc1cc(N(C)C2CCC(NC(=O)OC(C)(C)C)CC2)nc(C)n1. The van der Waals surface area contributed by atoms with E-state index < -0.39 is 5.60 Å². The minimum atomic E-state index is -0.455. The van der Waals surface area contributed by atoms with Crippen LogP contribution in [-0.2, 0) is 11.2 Å². The van der Waals surface area contributed by atoms with Crippen LogP contribution >= 0.6 is 0 Å². The zero-order valence-electron chi connectivity index (χ0n) is 16.4. The Kier molecular flexibility index (Phi) is 6.25. The minimum Gasteiger partial charge on any atom is -0.444 e. The highest BCUT2D eigenvalue weighted by Gasteiger charge is 2.27. The van der Waals surface area contributed by atoms with Crippen molar-refractivity contribution in [2.45, 2.75) is 84.4 Å². The number of nitrogens with zero attached hydrogens (tertiary/aromatic N) is 3. The van der Waals surface area contributed by atoms with Crippen molar-refractivity contribution in [3.63, 3.8) is 0 Å². The van der Waals surface area contributed by atoms with Gasteiger partial charge in [-0.05, 0) is 59.8 Å². The first-order valence-corrected chi connectivity index (χ1v) is 9.25. The molecule has 1 aliphatic rings. The van der Waals surface area contributed by atoms with Crippen molar-refractivity contribution in [2.75, 3.05) is 11.9 Å². The van der Waals surface area contributed by atoms with E-state index in [4.69, 9.17) is 4.74 Å². The van der Waals surface area contributed by atoms with Crippen molar-refractivity contribution >= 4 is 11.9 Å². The average molecular weight is 348 g/mol. The van der Waals surface area contributed by atoms with Crippen LogP contribution in [0, 0.1) is 6.92 Å². The lowest BCUT2D eigenvalue weighted by molar-refractivity contribution is 0.0491. The Labute approximate surface area is 151 Å². The second-order valence-electron chi connectivity index (χ2n) is 7.88. The van der Waals surface area contributed by atoms with E-state index in [1.807, 2.05) is 27.7 Å². The predicted molar refractivity (Wildman–Crippen MR) is 100.0 cm³/mol. The van der Waals surface area contributed by atoms with Crippen molar-refractivity contribution in [2.24, 2.45) is 0 Å². The van der Waals surface area contributed by atoms with Gasteiger partial charge in [-0.2, -0.15) is 0 Å². The molecule has 6 nitrogen and oxygen atoms in total. The van der Waals surface area contributed by atoms with E-state index in [-0.39, 0.29) is 12.1 Å². The summed E-state index contributed by atoms with van der Waals surface area (Å²) >= 11 is 0. The number of carbonyl (C=O) groups is 1. The van der Waals surface area contributed by atoms with Gasteiger partial charge < -0.3 is 15.0 Å². The number of hydrogen-bond acceptors (Lipinski definition) is 5. The molecule has 1 N–H and O–H groups in total. The summed E-state index contributed by atoms with van der Waals surface area (Å²) in [6, 6.07) is 2.71. The third-order valence-corrected chi connectivity index (χ3v) is 4.57. The van der Waals surface area contributed by atoms with Crippen LogP contribution in [0.5, 0.6) is 0 Å². The molecule has 0 aromatic carbocycles. The van der Waals surface area contributed by atoms with Gasteiger partial charge in [0.05, 0.1) is 0 Å². The Morgan fingerprint density at radius 2 is 1.92 bits per heavy atom. The molecule has 140 valence electrons. The van der Waals surface area contributed by atoms with E-state index in [2.05, 4.69) is 40.2 Å². The van der Waals surface area contributed by atoms with Gasteiger partial charge in [0.2, 0.25) is 0 Å². The summed E-state index contributed by atoms with van der Waals surface area (Å²) < 4.78 is 5.35. The van der Waals surface area contributed by atoms with E-state index in [0.717, 1.165) is 49.4 Å². The standard InChI is InChI=1S/C19H32N4O2/c1-7-14-12-17(21-13(2)20-14)23(6)16-10-8-15(9-11-16)22-18(24)25-19(3,4)5/h12,15-16H,7-11H2,1-6H3,(H,22,24). The monoisotopic (exact) mass is 348 g/mol. The van der Waals surface area contributed by atoms with E-state index >= 15 is 0 Å². The number of nitrogens with one attached hydrogen (secondary N) is 1. The number of amides is 1. The molecular formula is C19H32N4O2. The average Bonchev–Trinajstić information content (AvgIpc) is 2.52. The van der Waals surface area contributed by atoms with Crippen LogP contribution in [0.15, 0.2) is 6.07 Å². The van der Waals surface area contributed by atoms with Gasteiger partial charge in [0.15, 0.2) is 0 Å². The molecule has 1 fully saturated rings. The second-order valence-corrected chi connectivity index (χ2v) is 7.88. The molecule has 0 spiro atoms. The van der Waals surface area contributed by atoms with Gasteiger partial charge in [-0.25, -0.2) is 14.8 Å². The fourth-order valence-corrected chi connectivity index (χ4v) is 3.24. The maximum Gasteiger partial charge on any atom is 0.407 e. The molecule has 0 saturated heterocycles. The van der Waals surface area contributed by atoms with Crippen LogP contribution in [0.1, 0.15) is 64.9 Å². The molecule has 6 heteroatoms. The van der Waals surface area contributed by atoms with Gasteiger partial charge in [-0.3, -0.25) is 0 Å². The highest BCUT2D eigenvalue weighted by molar-refractivity contribution is 5.68. The van der Waals surface area contributed by atoms with Crippen LogP contribution in [-0.4, -0.2) is 40.8 Å². The Balaban J connectivity index is 1.89.